The van der Waals surface area contributed by atoms with Crippen LogP contribution in [0.1, 0.15) is 20.9 Å². The molecule has 0 saturated heterocycles. The average Bonchev–Trinajstić information content (AvgIpc) is 2.99. The highest BCUT2D eigenvalue weighted by Crippen LogP contribution is 2.18. The van der Waals surface area contributed by atoms with Crippen molar-refractivity contribution >= 4 is 34.4 Å². The Morgan fingerprint density at radius 3 is 2.95 bits per heavy atom. The van der Waals surface area contributed by atoms with Crippen molar-refractivity contribution in [2.45, 2.75) is 6.92 Å². The third-order valence-electron chi connectivity index (χ3n) is 2.99. The van der Waals surface area contributed by atoms with Crippen LogP contribution in [0, 0.1) is 6.92 Å². The summed E-state index contributed by atoms with van der Waals surface area (Å²) < 4.78 is 0. The Balaban J connectivity index is 1.87. The van der Waals surface area contributed by atoms with E-state index >= 15 is 0 Å². The number of hydrogen-bond donors (Lipinski definition) is 1. The Morgan fingerprint density at radius 2 is 2.14 bits per heavy atom. The van der Waals surface area contributed by atoms with Gasteiger partial charge in [-0.15, -0.1) is 11.3 Å². The van der Waals surface area contributed by atoms with Gasteiger partial charge in [0.15, 0.2) is 0 Å². The van der Waals surface area contributed by atoms with Crippen LogP contribution in [0.5, 0.6) is 0 Å². The van der Waals surface area contributed by atoms with E-state index < -0.39 is 0 Å². The predicted molar refractivity (Wildman–Crippen MR) is 85.9 cm³/mol. The summed E-state index contributed by atoms with van der Waals surface area (Å²) in [6, 6.07) is 13.2. The predicted octanol–water partition coefficient (Wildman–Crippen LogP) is 3.37. The zero-order valence-electron chi connectivity index (χ0n) is 11.4. The number of thiophene rings is 1. The maximum atomic E-state index is 12.3. The van der Waals surface area contributed by atoms with E-state index in [0.29, 0.717) is 5.56 Å². The number of nitrogens with one attached hydrogen (secondary N) is 1. The van der Waals surface area contributed by atoms with Crippen molar-refractivity contribution < 1.29 is 4.79 Å². The molecule has 0 aliphatic heterocycles. The highest BCUT2D eigenvalue weighted by molar-refractivity contribution is 7.11. The van der Waals surface area contributed by atoms with E-state index in [0.717, 1.165) is 21.5 Å². The molecule has 1 aromatic carbocycles. The van der Waals surface area contributed by atoms with Crippen LogP contribution >= 0.6 is 11.3 Å². The number of benzene rings is 1. The van der Waals surface area contributed by atoms with Crippen LogP contribution < -0.4 is 5.43 Å². The summed E-state index contributed by atoms with van der Waals surface area (Å²) in [5.41, 5.74) is 4.77. The summed E-state index contributed by atoms with van der Waals surface area (Å²) in [5, 5.41) is 6.78. The lowest BCUT2D eigenvalue weighted by atomic mass is 10.1. The minimum atomic E-state index is -0.232. The molecule has 3 rings (SSSR count). The van der Waals surface area contributed by atoms with Gasteiger partial charge in [0.25, 0.3) is 5.91 Å². The second-order valence-electron chi connectivity index (χ2n) is 4.54. The third kappa shape index (κ3) is 2.98. The van der Waals surface area contributed by atoms with Gasteiger partial charge in [0, 0.05) is 16.0 Å². The molecule has 2 aromatic heterocycles. The van der Waals surface area contributed by atoms with Crippen LogP contribution in [0.2, 0.25) is 0 Å². The van der Waals surface area contributed by atoms with Crippen LogP contribution in [-0.4, -0.2) is 17.1 Å². The van der Waals surface area contributed by atoms with Crippen LogP contribution in [0.4, 0.5) is 0 Å². The number of amides is 1. The van der Waals surface area contributed by atoms with E-state index in [1.54, 1.807) is 23.6 Å². The molecule has 4 nitrogen and oxygen atoms in total. The molecule has 0 fully saturated rings. The minimum absolute atomic E-state index is 0.232. The number of carbonyl (C=O) groups is 1. The number of nitrogens with zero attached hydrogens (tertiary/aromatic N) is 2. The lowest BCUT2D eigenvalue weighted by Gasteiger charge is -2.06. The molecule has 0 atom stereocenters. The Labute approximate surface area is 126 Å². The molecule has 0 aliphatic rings. The van der Waals surface area contributed by atoms with Gasteiger partial charge in [0.2, 0.25) is 0 Å². The summed E-state index contributed by atoms with van der Waals surface area (Å²) in [4.78, 5) is 17.7. The van der Waals surface area contributed by atoms with E-state index in [2.05, 4.69) is 15.5 Å². The number of pyridine rings is 1. The normalized spacial score (nSPS) is 11.1. The summed E-state index contributed by atoms with van der Waals surface area (Å²) in [6.45, 7) is 1.87. The maximum Gasteiger partial charge on any atom is 0.272 e. The maximum absolute atomic E-state index is 12.3. The third-order valence-corrected chi connectivity index (χ3v) is 3.80. The van der Waals surface area contributed by atoms with Crippen molar-refractivity contribution in [2.75, 3.05) is 0 Å². The molecule has 1 N–H and O–H groups in total. The van der Waals surface area contributed by atoms with Crippen LogP contribution in [-0.2, 0) is 0 Å². The lowest BCUT2D eigenvalue weighted by Crippen LogP contribution is -2.18. The first kappa shape index (κ1) is 13.5. The first-order valence-electron chi connectivity index (χ1n) is 6.47. The first-order valence-corrected chi connectivity index (χ1v) is 7.35. The fourth-order valence-electron chi connectivity index (χ4n) is 2.08. The number of para-hydroxylation sites is 1. The van der Waals surface area contributed by atoms with Crippen molar-refractivity contribution in [2.24, 2.45) is 5.10 Å². The molecular weight excluding hydrogens is 282 g/mol. The van der Waals surface area contributed by atoms with E-state index in [1.165, 1.54) is 0 Å². The van der Waals surface area contributed by atoms with Crippen molar-refractivity contribution in [3.8, 4) is 0 Å². The lowest BCUT2D eigenvalue weighted by molar-refractivity contribution is 0.0956. The average molecular weight is 295 g/mol. The number of hydrazone groups is 1. The van der Waals surface area contributed by atoms with E-state index in [4.69, 9.17) is 0 Å². The highest BCUT2D eigenvalue weighted by atomic mass is 32.1. The topological polar surface area (TPSA) is 54.4 Å². The SMILES string of the molecule is Cc1cc(C(=O)NN=Cc2cccs2)c2ccccc2n1. The Kier molecular flexibility index (Phi) is 3.75. The van der Waals surface area contributed by atoms with Gasteiger partial charge in [-0.05, 0) is 30.5 Å². The van der Waals surface area contributed by atoms with E-state index in [9.17, 15) is 4.79 Å². The summed E-state index contributed by atoms with van der Waals surface area (Å²) in [5.74, 6) is -0.232. The molecule has 104 valence electrons. The molecule has 5 heteroatoms. The molecule has 0 saturated carbocycles. The Bertz CT molecular complexity index is 810. The monoisotopic (exact) mass is 295 g/mol. The van der Waals surface area contributed by atoms with E-state index in [-0.39, 0.29) is 5.91 Å². The molecule has 1 amide bonds. The van der Waals surface area contributed by atoms with Crippen LogP contribution in [0.3, 0.4) is 0 Å². The standard InChI is InChI=1S/C16H13N3OS/c1-11-9-14(13-6-2-3-7-15(13)18-11)16(20)19-17-10-12-5-4-8-21-12/h2-10H,1H3,(H,19,20). The van der Waals surface area contributed by atoms with E-state index in [1.807, 2.05) is 48.7 Å². The molecule has 2 heterocycles. The number of carbonyl (C=O) groups excluding carboxylic acids is 1. The number of rotatable bonds is 3. The zero-order valence-corrected chi connectivity index (χ0v) is 12.2. The van der Waals surface area contributed by atoms with Gasteiger partial charge >= 0.3 is 0 Å². The summed E-state index contributed by atoms with van der Waals surface area (Å²) >= 11 is 1.56. The molecule has 0 aliphatic carbocycles. The van der Waals surface area contributed by atoms with Crippen molar-refractivity contribution in [1.29, 1.82) is 0 Å². The largest absolute Gasteiger partial charge is 0.272 e. The molecule has 21 heavy (non-hydrogen) atoms. The van der Waals surface area contributed by atoms with Gasteiger partial charge in [0.05, 0.1) is 17.3 Å². The Hall–Kier alpha value is -2.53. The van der Waals surface area contributed by atoms with Crippen molar-refractivity contribution in [3.63, 3.8) is 0 Å². The molecule has 0 radical (unpaired) electrons. The Morgan fingerprint density at radius 1 is 1.29 bits per heavy atom. The van der Waals surface area contributed by atoms with Gasteiger partial charge in [-0.25, -0.2) is 5.43 Å². The van der Waals surface area contributed by atoms with Gasteiger partial charge in [-0.1, -0.05) is 24.3 Å². The van der Waals surface area contributed by atoms with Crippen LogP contribution in [0.15, 0.2) is 52.9 Å². The number of fused-ring (bicyclic) bond motifs is 1. The van der Waals surface area contributed by atoms with Crippen molar-refractivity contribution in [1.82, 2.24) is 10.4 Å². The minimum Gasteiger partial charge on any atom is -0.267 e. The van der Waals surface area contributed by atoms with Gasteiger partial charge in [-0.3, -0.25) is 9.78 Å². The number of aromatic nitrogens is 1. The highest BCUT2D eigenvalue weighted by Gasteiger charge is 2.10. The smallest absolute Gasteiger partial charge is 0.267 e. The summed E-state index contributed by atoms with van der Waals surface area (Å²) in [6.07, 6.45) is 1.64. The fraction of sp³-hybridized carbons (Fsp3) is 0.0625. The van der Waals surface area contributed by atoms with Gasteiger partial charge in [-0.2, -0.15) is 5.10 Å². The quantitative estimate of drug-likeness (QED) is 0.595. The molecule has 3 aromatic rings. The second kappa shape index (κ2) is 5.85. The first-order chi connectivity index (χ1) is 10.2. The molecular formula is C16H13N3OS. The molecule has 0 bridgehead atoms. The fourth-order valence-corrected chi connectivity index (χ4v) is 2.66. The zero-order chi connectivity index (χ0) is 14.7. The van der Waals surface area contributed by atoms with Crippen molar-refractivity contribution in [3.05, 3.63) is 64.0 Å². The van der Waals surface area contributed by atoms with Gasteiger partial charge < -0.3 is 0 Å². The molecule has 0 unspecified atom stereocenters. The van der Waals surface area contributed by atoms with Gasteiger partial charge in [0.1, 0.15) is 0 Å². The summed E-state index contributed by atoms with van der Waals surface area (Å²) in [7, 11) is 0. The molecule has 0 spiro atoms. The van der Waals surface area contributed by atoms with Crippen LogP contribution in [0.25, 0.3) is 10.9 Å². The number of hydrogen-bond acceptors (Lipinski definition) is 4. The second-order valence-corrected chi connectivity index (χ2v) is 5.52. The number of aryl methyl sites for hydroxylation is 1.